The fraction of sp³-hybridized carbons (Fsp3) is 0.611. The normalized spacial score (nSPS) is 29.1. The summed E-state index contributed by atoms with van der Waals surface area (Å²) < 4.78 is 5.55. The standard InChI is InChI=1S/C18H25BrO2/c1-4-6-7-12-18(21-14(3)20)16-10-8-9-11-17(19)15(5-2)13-16/h1,6-9,15-18H,5,10-13H2,2-3H3/b7-6+,9-8+/t15-,16-,17-,18+/m0/s1. The van der Waals surface area contributed by atoms with E-state index < -0.39 is 0 Å². The van der Waals surface area contributed by atoms with Gasteiger partial charge in [0.1, 0.15) is 6.10 Å². The molecule has 0 aromatic carbocycles. The number of terminal acetylenes is 1. The van der Waals surface area contributed by atoms with Crippen LogP contribution in [0.5, 0.6) is 0 Å². The van der Waals surface area contributed by atoms with Crippen molar-refractivity contribution in [3.63, 3.8) is 0 Å². The Morgan fingerprint density at radius 3 is 2.86 bits per heavy atom. The highest BCUT2D eigenvalue weighted by molar-refractivity contribution is 9.09. The minimum Gasteiger partial charge on any atom is -0.462 e. The van der Waals surface area contributed by atoms with Crippen molar-refractivity contribution in [2.45, 2.75) is 56.9 Å². The minimum atomic E-state index is -0.219. The van der Waals surface area contributed by atoms with E-state index >= 15 is 0 Å². The Bertz CT molecular complexity index is 419. The van der Waals surface area contributed by atoms with Gasteiger partial charge in [-0.15, -0.1) is 6.42 Å². The van der Waals surface area contributed by atoms with Crippen molar-refractivity contribution < 1.29 is 9.53 Å². The van der Waals surface area contributed by atoms with Crippen molar-refractivity contribution in [3.05, 3.63) is 24.3 Å². The van der Waals surface area contributed by atoms with E-state index in [1.165, 1.54) is 6.92 Å². The smallest absolute Gasteiger partial charge is 0.302 e. The first-order valence-electron chi connectivity index (χ1n) is 7.65. The van der Waals surface area contributed by atoms with Gasteiger partial charge in [0, 0.05) is 18.2 Å². The molecular weight excluding hydrogens is 328 g/mol. The van der Waals surface area contributed by atoms with Crippen molar-refractivity contribution in [2.75, 3.05) is 0 Å². The first kappa shape index (κ1) is 18.0. The van der Waals surface area contributed by atoms with E-state index in [9.17, 15) is 4.79 Å². The summed E-state index contributed by atoms with van der Waals surface area (Å²) in [5.74, 6) is 3.22. The number of hydrogen-bond acceptors (Lipinski definition) is 2. The van der Waals surface area contributed by atoms with Crippen LogP contribution in [0.3, 0.4) is 0 Å². The highest BCUT2D eigenvalue weighted by atomic mass is 79.9. The second kappa shape index (κ2) is 9.84. The van der Waals surface area contributed by atoms with Gasteiger partial charge in [0.15, 0.2) is 0 Å². The van der Waals surface area contributed by atoms with Crippen LogP contribution in [0.1, 0.15) is 46.0 Å². The van der Waals surface area contributed by atoms with Crippen LogP contribution >= 0.6 is 15.9 Å². The molecule has 1 aliphatic rings. The van der Waals surface area contributed by atoms with Crippen LogP contribution in [0.15, 0.2) is 24.3 Å². The summed E-state index contributed by atoms with van der Waals surface area (Å²) in [4.78, 5) is 11.9. The number of carbonyl (C=O) groups is 1. The van der Waals surface area contributed by atoms with E-state index in [0.29, 0.717) is 23.1 Å². The molecule has 0 bridgehead atoms. The zero-order valence-electron chi connectivity index (χ0n) is 12.9. The third-order valence-electron chi connectivity index (χ3n) is 4.03. The molecule has 4 atom stereocenters. The SMILES string of the molecule is C#C/C=C/C[C@@H](OC(C)=O)[C@H]1C/C=C/C[C@H](Br)[C@@H](CC)C1. The van der Waals surface area contributed by atoms with E-state index in [1.54, 1.807) is 6.08 Å². The van der Waals surface area contributed by atoms with Gasteiger partial charge in [0.05, 0.1) is 0 Å². The molecule has 1 aliphatic carbocycles. The van der Waals surface area contributed by atoms with Gasteiger partial charge in [-0.1, -0.05) is 53.4 Å². The number of allylic oxidation sites excluding steroid dienone is 3. The molecule has 0 aromatic rings. The highest BCUT2D eigenvalue weighted by Gasteiger charge is 2.28. The Labute approximate surface area is 137 Å². The molecule has 1 rings (SSSR count). The summed E-state index contributed by atoms with van der Waals surface area (Å²) in [5, 5.41) is 0. The summed E-state index contributed by atoms with van der Waals surface area (Å²) in [6.07, 6.45) is 18.1. The largest absolute Gasteiger partial charge is 0.462 e. The molecule has 0 amide bonds. The van der Waals surface area contributed by atoms with Crippen molar-refractivity contribution in [1.29, 1.82) is 0 Å². The second-order valence-electron chi connectivity index (χ2n) is 5.58. The average Bonchev–Trinajstić information content (AvgIpc) is 2.43. The maximum Gasteiger partial charge on any atom is 0.302 e. The predicted molar refractivity (Wildman–Crippen MR) is 91.1 cm³/mol. The number of hydrogen-bond donors (Lipinski definition) is 0. The van der Waals surface area contributed by atoms with Gasteiger partial charge >= 0.3 is 5.97 Å². The number of ether oxygens (including phenoxy) is 1. The van der Waals surface area contributed by atoms with Gasteiger partial charge in [-0.25, -0.2) is 0 Å². The molecule has 0 aliphatic heterocycles. The molecule has 0 radical (unpaired) electrons. The molecule has 116 valence electrons. The minimum absolute atomic E-state index is 0.0939. The summed E-state index contributed by atoms with van der Waals surface area (Å²) >= 11 is 3.79. The molecule has 0 heterocycles. The molecule has 0 fully saturated rings. The molecule has 0 saturated heterocycles. The molecule has 0 unspecified atom stereocenters. The van der Waals surface area contributed by atoms with Gasteiger partial charge in [0.2, 0.25) is 0 Å². The molecule has 0 saturated carbocycles. The van der Waals surface area contributed by atoms with Gasteiger partial charge < -0.3 is 4.74 Å². The molecule has 0 aromatic heterocycles. The molecule has 3 heteroatoms. The van der Waals surface area contributed by atoms with Crippen LogP contribution in [0.25, 0.3) is 0 Å². The summed E-state index contributed by atoms with van der Waals surface area (Å²) in [6, 6.07) is 0. The van der Waals surface area contributed by atoms with Gasteiger partial charge in [-0.2, -0.15) is 0 Å². The van der Waals surface area contributed by atoms with Gasteiger partial charge in [-0.05, 0) is 37.2 Å². The Kier molecular flexibility index (Phi) is 8.45. The van der Waals surface area contributed by atoms with Crippen LogP contribution in [0.2, 0.25) is 0 Å². The van der Waals surface area contributed by atoms with E-state index in [0.717, 1.165) is 25.7 Å². The molecule has 0 N–H and O–H groups in total. The maximum atomic E-state index is 11.4. The Morgan fingerprint density at radius 1 is 1.52 bits per heavy atom. The Balaban J connectivity index is 2.83. The Morgan fingerprint density at radius 2 is 2.24 bits per heavy atom. The van der Waals surface area contributed by atoms with Crippen molar-refractivity contribution in [3.8, 4) is 12.3 Å². The zero-order valence-corrected chi connectivity index (χ0v) is 14.5. The topological polar surface area (TPSA) is 26.3 Å². The lowest BCUT2D eigenvalue weighted by molar-refractivity contribution is -0.149. The monoisotopic (exact) mass is 352 g/mol. The third-order valence-corrected chi connectivity index (χ3v) is 5.16. The summed E-state index contributed by atoms with van der Waals surface area (Å²) in [5.41, 5.74) is 0. The lowest BCUT2D eigenvalue weighted by atomic mass is 9.81. The fourth-order valence-corrected chi connectivity index (χ4v) is 3.67. The lowest BCUT2D eigenvalue weighted by Crippen LogP contribution is -2.30. The number of carbonyl (C=O) groups excluding carboxylic acids is 1. The zero-order chi connectivity index (χ0) is 15.7. The third kappa shape index (κ3) is 6.52. The molecular formula is C18H25BrO2. The fourth-order valence-electron chi connectivity index (χ4n) is 2.87. The van der Waals surface area contributed by atoms with Crippen LogP contribution in [-0.2, 0) is 9.53 Å². The van der Waals surface area contributed by atoms with Gasteiger partial charge in [-0.3, -0.25) is 4.79 Å². The molecule has 21 heavy (non-hydrogen) atoms. The second-order valence-corrected chi connectivity index (χ2v) is 6.75. The van der Waals surface area contributed by atoms with Crippen molar-refractivity contribution in [2.24, 2.45) is 11.8 Å². The molecule has 2 nitrogen and oxygen atoms in total. The predicted octanol–water partition coefficient (Wildman–Crippen LogP) is 4.64. The number of esters is 1. The lowest BCUT2D eigenvalue weighted by Gasteiger charge is -2.31. The van der Waals surface area contributed by atoms with Crippen LogP contribution in [0.4, 0.5) is 0 Å². The Hall–Kier alpha value is -1.01. The van der Waals surface area contributed by atoms with Gasteiger partial charge in [0.25, 0.3) is 0 Å². The summed E-state index contributed by atoms with van der Waals surface area (Å²) in [6.45, 7) is 3.70. The first-order chi connectivity index (χ1) is 10.1. The van der Waals surface area contributed by atoms with E-state index in [2.05, 4.69) is 40.9 Å². The van der Waals surface area contributed by atoms with E-state index in [-0.39, 0.29) is 12.1 Å². The first-order valence-corrected chi connectivity index (χ1v) is 8.57. The number of rotatable bonds is 5. The highest BCUT2D eigenvalue weighted by Crippen LogP contribution is 2.34. The quantitative estimate of drug-likeness (QED) is 0.311. The van der Waals surface area contributed by atoms with Crippen molar-refractivity contribution >= 4 is 21.9 Å². The average molecular weight is 353 g/mol. The van der Waals surface area contributed by atoms with E-state index in [1.807, 2.05) is 6.08 Å². The van der Waals surface area contributed by atoms with Crippen LogP contribution in [0, 0.1) is 24.2 Å². The van der Waals surface area contributed by atoms with E-state index in [4.69, 9.17) is 11.2 Å². The van der Waals surface area contributed by atoms with Crippen molar-refractivity contribution in [1.82, 2.24) is 0 Å². The summed E-state index contributed by atoms with van der Waals surface area (Å²) in [7, 11) is 0. The van der Waals surface area contributed by atoms with Crippen LogP contribution < -0.4 is 0 Å². The van der Waals surface area contributed by atoms with Crippen LogP contribution in [-0.4, -0.2) is 16.9 Å². The number of alkyl halides is 1. The maximum absolute atomic E-state index is 11.4. The molecule has 0 spiro atoms. The number of halogens is 1.